The van der Waals surface area contributed by atoms with Gasteiger partial charge in [-0.2, -0.15) is 0 Å². The molecule has 1 heterocycles. The number of aryl methyl sites for hydroxylation is 1. The van der Waals surface area contributed by atoms with E-state index in [0.717, 1.165) is 25.0 Å². The molecular weight excluding hydrogens is 540 g/mol. The number of esters is 1. The number of benzene rings is 2. The molecule has 3 saturated carbocycles. The number of rotatable bonds is 4. The van der Waals surface area contributed by atoms with Crippen LogP contribution < -0.4 is 4.74 Å². The van der Waals surface area contributed by atoms with Gasteiger partial charge in [-0.05, 0) is 93.7 Å². The summed E-state index contributed by atoms with van der Waals surface area (Å²) < 4.78 is 55.4. The highest BCUT2D eigenvalue weighted by Gasteiger charge is 2.94. The largest absolute Gasteiger partial charge is 0.497 e. The second kappa shape index (κ2) is 8.35. The molecule has 4 fully saturated rings. The average molecular weight is 581 g/mol. The summed E-state index contributed by atoms with van der Waals surface area (Å²) in [6.45, 7) is 9.36. The van der Waals surface area contributed by atoms with Crippen molar-refractivity contribution in [2.24, 2.45) is 16.7 Å². The van der Waals surface area contributed by atoms with Crippen molar-refractivity contribution in [2.75, 3.05) is 7.11 Å². The molecule has 0 amide bonds. The van der Waals surface area contributed by atoms with Crippen LogP contribution in [-0.4, -0.2) is 49.8 Å². The molecule has 7 rings (SSSR count). The van der Waals surface area contributed by atoms with Gasteiger partial charge in [-0.3, -0.25) is 4.79 Å². The van der Waals surface area contributed by atoms with Crippen molar-refractivity contribution < 1.29 is 32.2 Å². The van der Waals surface area contributed by atoms with Crippen molar-refractivity contribution in [3.05, 3.63) is 59.7 Å². The molecule has 0 radical (unpaired) electrons. The summed E-state index contributed by atoms with van der Waals surface area (Å²) >= 11 is 0. The zero-order valence-electron chi connectivity index (χ0n) is 24.7. The fourth-order valence-electron chi connectivity index (χ4n) is 10.7. The molecule has 2 aromatic rings. The monoisotopic (exact) mass is 580 g/mol. The van der Waals surface area contributed by atoms with Crippen molar-refractivity contribution in [3.63, 3.8) is 0 Å². The van der Waals surface area contributed by atoms with E-state index in [-0.39, 0.29) is 18.3 Å². The Hall–Kier alpha value is -2.42. The van der Waals surface area contributed by atoms with E-state index in [1.807, 2.05) is 32.9 Å². The maximum atomic E-state index is 14.8. The second-order valence-electron chi connectivity index (χ2n) is 13.7. The van der Waals surface area contributed by atoms with Gasteiger partial charge < -0.3 is 18.9 Å². The van der Waals surface area contributed by atoms with E-state index in [9.17, 15) is 13.2 Å². The van der Waals surface area contributed by atoms with E-state index >= 15 is 0 Å². The van der Waals surface area contributed by atoms with Crippen LogP contribution in [0.25, 0.3) is 0 Å². The predicted molar refractivity (Wildman–Crippen MR) is 152 cm³/mol. The minimum Gasteiger partial charge on any atom is -0.497 e. The van der Waals surface area contributed by atoms with Gasteiger partial charge >= 0.3 is 5.97 Å². The standard InChI is InChI=1S/C33H40O7S/c1-20(34)38-32-19-27(41(35,36)23-10-8-7-9-11-23)33(28-31(32,5)40-29(2,3)39-28)26-15-12-21-18-22(37-6)13-14-24(21)25(26)16-17-30(32,33)4/h7-11,13-14,18,25-28H,12,15-17,19H2,1-6H3/t25-,26-,27-,28-,30-,31+,32-,33+/m1/s1. The van der Waals surface area contributed by atoms with Gasteiger partial charge in [-0.15, -0.1) is 0 Å². The van der Waals surface area contributed by atoms with Crippen LogP contribution in [-0.2, 0) is 35.3 Å². The van der Waals surface area contributed by atoms with E-state index in [1.165, 1.54) is 18.1 Å². The molecule has 2 aromatic carbocycles. The Balaban J connectivity index is 1.51. The molecule has 0 unspecified atom stereocenters. The van der Waals surface area contributed by atoms with Gasteiger partial charge in [0.25, 0.3) is 0 Å². The number of fused-ring (bicyclic) bond motifs is 5. The number of ether oxygens (including phenoxy) is 4. The van der Waals surface area contributed by atoms with Crippen molar-refractivity contribution in [1.29, 1.82) is 0 Å². The first-order valence-electron chi connectivity index (χ1n) is 14.8. The lowest BCUT2D eigenvalue weighted by atomic mass is 9.47. The maximum absolute atomic E-state index is 14.8. The molecule has 0 spiro atoms. The maximum Gasteiger partial charge on any atom is 0.303 e. The van der Waals surface area contributed by atoms with Gasteiger partial charge in [0.1, 0.15) is 17.5 Å². The molecule has 1 saturated heterocycles. The third-order valence-corrected chi connectivity index (χ3v) is 14.0. The SMILES string of the molecule is COc1ccc2c(c1)CC[C@@H]1[C@@H]2CC[C@@]2(C)[C@]13[C@H](S(=O)(=O)c1ccccc1)C[C@]2(OC(C)=O)[C@@]1(C)OC(C)(C)O[C@@H]31. The Kier molecular flexibility index (Phi) is 5.59. The molecule has 7 nitrogen and oxygen atoms in total. The summed E-state index contributed by atoms with van der Waals surface area (Å²) in [7, 11) is -2.17. The van der Waals surface area contributed by atoms with E-state index in [4.69, 9.17) is 18.9 Å². The van der Waals surface area contributed by atoms with Crippen LogP contribution in [0.1, 0.15) is 77.3 Å². The summed E-state index contributed by atoms with van der Waals surface area (Å²) in [5.74, 6) is -0.405. The average Bonchev–Trinajstić information content (AvgIpc) is 3.38. The fourth-order valence-corrected chi connectivity index (χ4v) is 13.1. The fraction of sp³-hybridized carbons (Fsp3) is 0.606. The lowest BCUT2D eigenvalue weighted by Gasteiger charge is -2.59. The number of hydrogen-bond acceptors (Lipinski definition) is 7. The normalized spacial score (nSPS) is 41.6. The molecule has 4 aliphatic carbocycles. The quantitative estimate of drug-likeness (QED) is 0.435. The van der Waals surface area contributed by atoms with Crippen LogP contribution in [0, 0.1) is 16.7 Å². The minimum atomic E-state index is -3.85. The lowest BCUT2D eigenvalue weighted by molar-refractivity contribution is -0.253. The summed E-state index contributed by atoms with van der Waals surface area (Å²) in [5.41, 5.74) is -1.16. The number of carbonyl (C=O) groups excluding carboxylic acids is 1. The first-order valence-corrected chi connectivity index (χ1v) is 16.4. The van der Waals surface area contributed by atoms with Crippen LogP contribution >= 0.6 is 0 Å². The van der Waals surface area contributed by atoms with Crippen molar-refractivity contribution in [1.82, 2.24) is 0 Å². The van der Waals surface area contributed by atoms with Gasteiger partial charge in [0.05, 0.1) is 17.3 Å². The van der Waals surface area contributed by atoms with Gasteiger partial charge in [0.15, 0.2) is 21.2 Å². The molecular formula is C33H40O7S. The summed E-state index contributed by atoms with van der Waals surface area (Å²) in [4.78, 5) is 13.2. The molecule has 41 heavy (non-hydrogen) atoms. The van der Waals surface area contributed by atoms with Crippen molar-refractivity contribution in [2.45, 2.75) is 106 Å². The number of sulfone groups is 1. The van der Waals surface area contributed by atoms with E-state index < -0.39 is 55.0 Å². The lowest BCUT2D eigenvalue weighted by Crippen LogP contribution is -2.63. The first kappa shape index (κ1) is 27.4. The number of hydrogen-bond donors (Lipinski definition) is 0. The van der Waals surface area contributed by atoms with E-state index in [1.54, 1.807) is 31.4 Å². The Morgan fingerprint density at radius 1 is 1.02 bits per heavy atom. The van der Waals surface area contributed by atoms with Gasteiger partial charge in [0, 0.05) is 24.2 Å². The molecule has 220 valence electrons. The Labute approximate surface area is 242 Å². The van der Waals surface area contributed by atoms with Crippen LogP contribution in [0.15, 0.2) is 53.4 Å². The van der Waals surface area contributed by atoms with Gasteiger partial charge in [-0.25, -0.2) is 8.42 Å². The Morgan fingerprint density at radius 2 is 1.76 bits per heavy atom. The highest BCUT2D eigenvalue weighted by Crippen LogP contribution is 2.84. The van der Waals surface area contributed by atoms with Crippen LogP contribution in [0.2, 0.25) is 0 Å². The van der Waals surface area contributed by atoms with E-state index in [0.29, 0.717) is 11.3 Å². The molecule has 8 atom stereocenters. The number of carbonyl (C=O) groups is 1. The molecule has 0 N–H and O–H groups in total. The second-order valence-corrected chi connectivity index (χ2v) is 15.8. The minimum absolute atomic E-state index is 0.00705. The highest BCUT2D eigenvalue weighted by molar-refractivity contribution is 7.92. The third kappa shape index (κ3) is 3.12. The Morgan fingerprint density at radius 3 is 2.44 bits per heavy atom. The van der Waals surface area contributed by atoms with Gasteiger partial charge in [-0.1, -0.05) is 31.2 Å². The third-order valence-electron chi connectivity index (χ3n) is 11.7. The first-order chi connectivity index (χ1) is 19.3. The van der Waals surface area contributed by atoms with Crippen LogP contribution in [0.5, 0.6) is 5.75 Å². The molecule has 5 aliphatic rings. The summed E-state index contributed by atoms with van der Waals surface area (Å²) in [5, 5.41) is -0.801. The molecule has 8 heteroatoms. The highest BCUT2D eigenvalue weighted by atomic mass is 32.2. The van der Waals surface area contributed by atoms with Crippen LogP contribution in [0.3, 0.4) is 0 Å². The van der Waals surface area contributed by atoms with Crippen LogP contribution in [0.4, 0.5) is 0 Å². The molecule has 1 aliphatic heterocycles. The molecule has 0 aromatic heterocycles. The van der Waals surface area contributed by atoms with E-state index in [2.05, 4.69) is 19.1 Å². The zero-order chi connectivity index (χ0) is 29.2. The predicted octanol–water partition coefficient (Wildman–Crippen LogP) is 5.60. The summed E-state index contributed by atoms with van der Waals surface area (Å²) in [6.07, 6.45) is 2.82. The molecule has 2 bridgehead atoms. The smallest absolute Gasteiger partial charge is 0.303 e. The van der Waals surface area contributed by atoms with Crippen molar-refractivity contribution >= 4 is 15.8 Å². The number of methoxy groups -OCH3 is 1. The summed E-state index contributed by atoms with van der Waals surface area (Å²) in [6, 6.07) is 15.1. The van der Waals surface area contributed by atoms with Gasteiger partial charge in [0.2, 0.25) is 0 Å². The Bertz CT molecular complexity index is 1540. The van der Waals surface area contributed by atoms with Crippen molar-refractivity contribution in [3.8, 4) is 5.75 Å². The topological polar surface area (TPSA) is 88.1 Å². The zero-order valence-corrected chi connectivity index (χ0v) is 25.5.